The molecule has 0 bridgehead atoms. The molecule has 0 aromatic carbocycles. The molecule has 0 aliphatic carbocycles. The molecule has 1 aliphatic heterocycles. The van der Waals surface area contributed by atoms with Gasteiger partial charge in [0.05, 0.1) is 13.2 Å². The molecule has 0 radical (unpaired) electrons. The van der Waals surface area contributed by atoms with Crippen molar-refractivity contribution < 1.29 is 14.3 Å². The first-order chi connectivity index (χ1) is 8.22. The highest BCUT2D eigenvalue weighted by Crippen LogP contribution is 2.05. The zero-order valence-electron chi connectivity index (χ0n) is 9.76. The third-order valence-electron chi connectivity index (χ3n) is 2.66. The number of amides is 1. The van der Waals surface area contributed by atoms with Crippen molar-refractivity contribution >= 4 is 11.8 Å². The van der Waals surface area contributed by atoms with Crippen molar-refractivity contribution in [2.75, 3.05) is 26.3 Å². The van der Waals surface area contributed by atoms with Gasteiger partial charge >= 0.3 is 0 Å². The van der Waals surface area contributed by atoms with Gasteiger partial charge in [0.1, 0.15) is 0 Å². The normalized spacial score (nSPS) is 15.9. The van der Waals surface area contributed by atoms with E-state index in [1.54, 1.807) is 17.9 Å². The number of hydrogen-bond acceptors (Lipinski definition) is 4. The van der Waals surface area contributed by atoms with E-state index in [4.69, 9.17) is 4.74 Å². The fourth-order valence-corrected chi connectivity index (χ4v) is 1.67. The average molecular weight is 237 g/mol. The molecule has 92 valence electrons. The minimum absolute atomic E-state index is 0.119. The lowest BCUT2D eigenvalue weighted by atomic mass is 10.3. The largest absolute Gasteiger partial charge is 0.378 e. The number of carbonyl (C=O) groups excluding carboxylic acids is 2. The van der Waals surface area contributed by atoms with Crippen LogP contribution in [0.2, 0.25) is 0 Å². The molecule has 1 amide bonds. The van der Waals surface area contributed by atoms with Crippen molar-refractivity contribution in [3.8, 4) is 0 Å². The third kappa shape index (κ3) is 2.52. The van der Waals surface area contributed by atoms with Crippen molar-refractivity contribution in [1.82, 2.24) is 14.7 Å². The van der Waals surface area contributed by atoms with Crippen LogP contribution in [0.4, 0.5) is 0 Å². The maximum atomic E-state index is 12.0. The van der Waals surface area contributed by atoms with Crippen molar-refractivity contribution in [3.05, 3.63) is 18.0 Å². The zero-order chi connectivity index (χ0) is 12.3. The second kappa shape index (κ2) is 5.09. The van der Waals surface area contributed by atoms with E-state index in [1.807, 2.05) is 0 Å². The molecule has 6 nitrogen and oxygen atoms in total. The summed E-state index contributed by atoms with van der Waals surface area (Å²) in [7, 11) is 0. The second-order valence-corrected chi connectivity index (χ2v) is 3.80. The molecular weight excluding hydrogens is 222 g/mol. The lowest BCUT2D eigenvalue weighted by molar-refractivity contribution is 0.0298. The summed E-state index contributed by atoms with van der Waals surface area (Å²) in [6, 6.07) is 1.57. The Hall–Kier alpha value is -1.69. The molecule has 0 spiro atoms. The van der Waals surface area contributed by atoms with Crippen molar-refractivity contribution in [2.24, 2.45) is 0 Å². The van der Waals surface area contributed by atoms with Crippen molar-refractivity contribution in [3.63, 3.8) is 0 Å². The Morgan fingerprint density at radius 2 is 2.12 bits per heavy atom. The van der Waals surface area contributed by atoms with Gasteiger partial charge in [0.25, 0.3) is 5.91 Å². The van der Waals surface area contributed by atoms with Gasteiger partial charge in [-0.25, -0.2) is 4.68 Å². The molecule has 17 heavy (non-hydrogen) atoms. The van der Waals surface area contributed by atoms with Crippen LogP contribution in [0, 0.1) is 0 Å². The van der Waals surface area contributed by atoms with Crippen LogP contribution in [0.3, 0.4) is 0 Å². The van der Waals surface area contributed by atoms with Crippen molar-refractivity contribution in [1.29, 1.82) is 0 Å². The molecule has 1 saturated heterocycles. The van der Waals surface area contributed by atoms with Gasteiger partial charge in [0.15, 0.2) is 5.69 Å². The summed E-state index contributed by atoms with van der Waals surface area (Å²) >= 11 is 0. The molecule has 1 fully saturated rings. The molecule has 1 aromatic heterocycles. The molecule has 0 unspecified atom stereocenters. The lowest BCUT2D eigenvalue weighted by Gasteiger charge is -2.25. The third-order valence-corrected chi connectivity index (χ3v) is 2.66. The highest BCUT2D eigenvalue weighted by Gasteiger charge is 2.21. The first-order valence-corrected chi connectivity index (χ1v) is 5.68. The average Bonchev–Trinajstić information content (AvgIpc) is 2.87. The van der Waals surface area contributed by atoms with Crippen LogP contribution in [-0.2, 0) is 4.74 Å². The molecule has 0 N–H and O–H groups in total. The number of nitrogens with zero attached hydrogens (tertiary/aromatic N) is 3. The summed E-state index contributed by atoms with van der Waals surface area (Å²) < 4.78 is 6.39. The Morgan fingerprint density at radius 1 is 1.41 bits per heavy atom. The van der Waals surface area contributed by atoms with E-state index in [9.17, 15) is 9.59 Å². The summed E-state index contributed by atoms with van der Waals surface area (Å²) in [6.07, 6.45) is 1.90. The van der Waals surface area contributed by atoms with Crippen LogP contribution in [0.1, 0.15) is 28.6 Å². The highest BCUT2D eigenvalue weighted by molar-refractivity contribution is 5.93. The molecule has 6 heteroatoms. The minimum Gasteiger partial charge on any atom is -0.378 e. The molecule has 2 rings (SSSR count). The highest BCUT2D eigenvalue weighted by atomic mass is 16.5. The van der Waals surface area contributed by atoms with Gasteiger partial charge in [0, 0.05) is 25.7 Å². The van der Waals surface area contributed by atoms with Crippen LogP contribution >= 0.6 is 0 Å². The number of ether oxygens (including phenoxy) is 1. The monoisotopic (exact) mass is 237 g/mol. The topological polar surface area (TPSA) is 64.4 Å². The van der Waals surface area contributed by atoms with Gasteiger partial charge in [-0.15, -0.1) is 0 Å². The Kier molecular flexibility index (Phi) is 3.53. The zero-order valence-corrected chi connectivity index (χ0v) is 9.76. The summed E-state index contributed by atoms with van der Waals surface area (Å²) in [5.41, 5.74) is 0.314. The summed E-state index contributed by atoms with van der Waals surface area (Å²) in [5.74, 6) is -0.262. The van der Waals surface area contributed by atoms with Gasteiger partial charge in [-0.05, 0) is 6.07 Å². The maximum absolute atomic E-state index is 12.0. The molecule has 0 atom stereocenters. The number of carbonyl (C=O) groups is 2. The summed E-state index contributed by atoms with van der Waals surface area (Å²) in [5, 5.41) is 3.99. The number of rotatable bonds is 2. The second-order valence-electron chi connectivity index (χ2n) is 3.80. The number of hydrogen-bond donors (Lipinski definition) is 0. The Morgan fingerprint density at radius 3 is 2.76 bits per heavy atom. The summed E-state index contributed by atoms with van der Waals surface area (Å²) in [4.78, 5) is 25.1. The predicted molar refractivity (Wildman–Crippen MR) is 59.9 cm³/mol. The Balaban J connectivity index is 2.08. The molecule has 1 aromatic rings. The van der Waals surface area contributed by atoms with Gasteiger partial charge in [-0.1, -0.05) is 6.92 Å². The van der Waals surface area contributed by atoms with Gasteiger partial charge < -0.3 is 9.64 Å². The minimum atomic E-state index is -0.143. The SMILES string of the molecule is CCC(=O)n1ccc(C(=O)N2CCOCC2)n1. The van der Waals surface area contributed by atoms with Gasteiger partial charge in [0.2, 0.25) is 5.91 Å². The van der Waals surface area contributed by atoms with E-state index in [1.165, 1.54) is 10.9 Å². The first kappa shape index (κ1) is 11.8. The number of morpholine rings is 1. The first-order valence-electron chi connectivity index (χ1n) is 5.68. The molecule has 1 aliphatic rings. The van der Waals surface area contributed by atoms with Crippen LogP contribution in [0.25, 0.3) is 0 Å². The fraction of sp³-hybridized carbons (Fsp3) is 0.545. The Bertz CT molecular complexity index is 421. The molecule has 0 saturated carbocycles. The van der Waals surface area contributed by atoms with E-state index in [0.29, 0.717) is 38.4 Å². The van der Waals surface area contributed by atoms with E-state index in [2.05, 4.69) is 5.10 Å². The molecular formula is C11H15N3O3. The predicted octanol–water partition coefficient (Wildman–Crippen LogP) is 0.406. The van der Waals surface area contributed by atoms with Crippen LogP contribution in [0.15, 0.2) is 12.3 Å². The number of aromatic nitrogens is 2. The van der Waals surface area contributed by atoms with Crippen LogP contribution < -0.4 is 0 Å². The van der Waals surface area contributed by atoms with Crippen molar-refractivity contribution in [2.45, 2.75) is 13.3 Å². The van der Waals surface area contributed by atoms with E-state index >= 15 is 0 Å². The quantitative estimate of drug-likeness (QED) is 0.747. The molecule has 2 heterocycles. The van der Waals surface area contributed by atoms with E-state index in [-0.39, 0.29) is 11.8 Å². The van der Waals surface area contributed by atoms with Crippen LogP contribution in [-0.4, -0.2) is 52.8 Å². The lowest BCUT2D eigenvalue weighted by Crippen LogP contribution is -2.40. The summed E-state index contributed by atoms with van der Waals surface area (Å²) in [6.45, 7) is 4.02. The van der Waals surface area contributed by atoms with Crippen LogP contribution in [0.5, 0.6) is 0 Å². The van der Waals surface area contributed by atoms with Gasteiger partial charge in [-0.2, -0.15) is 5.10 Å². The van der Waals surface area contributed by atoms with Gasteiger partial charge in [-0.3, -0.25) is 9.59 Å². The smallest absolute Gasteiger partial charge is 0.274 e. The maximum Gasteiger partial charge on any atom is 0.274 e. The fourth-order valence-electron chi connectivity index (χ4n) is 1.67. The Labute approximate surface area is 99.1 Å². The van der Waals surface area contributed by atoms with E-state index < -0.39 is 0 Å². The standard InChI is InChI=1S/C11H15N3O3/c1-2-10(15)14-4-3-9(12-14)11(16)13-5-7-17-8-6-13/h3-4H,2,5-8H2,1H3. The van der Waals surface area contributed by atoms with E-state index in [0.717, 1.165) is 0 Å².